The maximum atomic E-state index is 12.7. The Morgan fingerprint density at radius 2 is 1.83 bits per heavy atom. The molecular formula is C24H29N3O2S. The minimum Gasteiger partial charge on any atom is -0.382 e. The van der Waals surface area contributed by atoms with E-state index in [4.69, 9.17) is 17.0 Å². The van der Waals surface area contributed by atoms with Crippen molar-refractivity contribution in [3.8, 4) is 0 Å². The first kappa shape index (κ1) is 22.0. The Kier molecular flexibility index (Phi) is 7.99. The molecule has 2 aromatic carbocycles. The fourth-order valence-corrected chi connectivity index (χ4v) is 3.67. The van der Waals surface area contributed by atoms with Crippen molar-refractivity contribution in [3.63, 3.8) is 0 Å². The number of ether oxygens (including phenoxy) is 1. The first-order chi connectivity index (χ1) is 14.6. The highest BCUT2D eigenvalue weighted by Crippen LogP contribution is 2.20. The molecule has 1 aliphatic heterocycles. The molecule has 0 saturated carbocycles. The van der Waals surface area contributed by atoms with E-state index in [-0.39, 0.29) is 5.91 Å². The first-order valence-corrected chi connectivity index (χ1v) is 10.8. The second-order valence-electron chi connectivity index (χ2n) is 7.09. The summed E-state index contributed by atoms with van der Waals surface area (Å²) in [5.74, 6) is -0.0835. The van der Waals surface area contributed by atoms with Gasteiger partial charge in [0.1, 0.15) is 5.70 Å². The number of anilines is 1. The van der Waals surface area contributed by atoms with E-state index in [1.54, 1.807) is 4.90 Å². The lowest BCUT2D eigenvalue weighted by atomic mass is 10.1. The van der Waals surface area contributed by atoms with Gasteiger partial charge in [-0.25, -0.2) is 0 Å². The number of hydrogen-bond donors (Lipinski definition) is 1. The SMILES string of the molecule is CCOCCCN1C(=O)/C(=C\c2ccc(N(CC)Cc3ccccc3)cc2)NC1=S. The molecule has 1 saturated heterocycles. The van der Waals surface area contributed by atoms with Crippen molar-refractivity contribution in [2.75, 3.05) is 31.2 Å². The van der Waals surface area contributed by atoms with Crippen LogP contribution in [0.5, 0.6) is 0 Å². The van der Waals surface area contributed by atoms with Gasteiger partial charge in [-0.15, -0.1) is 0 Å². The van der Waals surface area contributed by atoms with Crippen LogP contribution in [0.3, 0.4) is 0 Å². The van der Waals surface area contributed by atoms with Gasteiger partial charge in [-0.1, -0.05) is 42.5 Å². The van der Waals surface area contributed by atoms with E-state index in [1.807, 2.05) is 31.2 Å². The Labute approximate surface area is 184 Å². The molecular weight excluding hydrogens is 394 g/mol. The lowest BCUT2D eigenvalue weighted by molar-refractivity contribution is -0.122. The van der Waals surface area contributed by atoms with Gasteiger partial charge in [0.25, 0.3) is 5.91 Å². The monoisotopic (exact) mass is 423 g/mol. The van der Waals surface area contributed by atoms with Crippen LogP contribution in [-0.4, -0.2) is 42.2 Å². The predicted molar refractivity (Wildman–Crippen MR) is 126 cm³/mol. The third-order valence-corrected chi connectivity index (χ3v) is 5.33. The molecule has 2 aromatic rings. The maximum absolute atomic E-state index is 12.7. The lowest BCUT2D eigenvalue weighted by Crippen LogP contribution is -2.32. The fraction of sp³-hybridized carbons (Fsp3) is 0.333. The highest BCUT2D eigenvalue weighted by molar-refractivity contribution is 7.80. The molecule has 0 aromatic heterocycles. The standard InChI is InChI=1S/C24H29N3O2S/c1-3-26(18-20-9-6-5-7-10-20)21-13-11-19(12-14-21)17-22-23(28)27(24(30)25-22)15-8-16-29-4-2/h5-7,9-14,17H,3-4,8,15-16,18H2,1-2H3,(H,25,30)/b22-17+. The summed E-state index contributed by atoms with van der Waals surface area (Å²) in [6, 6.07) is 18.7. The summed E-state index contributed by atoms with van der Waals surface area (Å²) in [5, 5.41) is 3.50. The van der Waals surface area contributed by atoms with Crippen LogP contribution in [0.1, 0.15) is 31.4 Å². The van der Waals surface area contributed by atoms with Crippen LogP contribution in [-0.2, 0) is 16.1 Å². The molecule has 1 N–H and O–H groups in total. The molecule has 0 atom stereocenters. The van der Waals surface area contributed by atoms with Crippen LogP contribution < -0.4 is 10.2 Å². The number of carbonyl (C=O) groups is 1. The summed E-state index contributed by atoms with van der Waals surface area (Å²) in [6.07, 6.45) is 2.62. The Hall–Kier alpha value is -2.70. The molecule has 0 spiro atoms. The van der Waals surface area contributed by atoms with Crippen LogP contribution in [0.15, 0.2) is 60.3 Å². The van der Waals surface area contributed by atoms with Gasteiger partial charge in [-0.2, -0.15) is 0 Å². The second-order valence-corrected chi connectivity index (χ2v) is 7.47. The molecule has 0 unspecified atom stereocenters. The number of carbonyl (C=O) groups excluding carboxylic acids is 1. The number of amides is 1. The molecule has 1 heterocycles. The van der Waals surface area contributed by atoms with Crippen molar-refractivity contribution in [2.45, 2.75) is 26.8 Å². The normalized spacial score (nSPS) is 15.0. The van der Waals surface area contributed by atoms with Gasteiger partial charge in [0, 0.05) is 38.5 Å². The molecule has 0 bridgehead atoms. The molecule has 0 aliphatic carbocycles. The number of nitrogens with zero attached hydrogens (tertiary/aromatic N) is 2. The smallest absolute Gasteiger partial charge is 0.276 e. The summed E-state index contributed by atoms with van der Waals surface area (Å²) in [7, 11) is 0. The second kappa shape index (κ2) is 10.9. The first-order valence-electron chi connectivity index (χ1n) is 10.4. The summed E-state index contributed by atoms with van der Waals surface area (Å²) < 4.78 is 5.34. The third-order valence-electron chi connectivity index (χ3n) is 5.00. The van der Waals surface area contributed by atoms with Crippen LogP contribution in [0.25, 0.3) is 6.08 Å². The Morgan fingerprint density at radius 3 is 2.50 bits per heavy atom. The molecule has 1 fully saturated rings. The molecule has 1 amide bonds. The number of thiocarbonyl (C=S) groups is 1. The van der Waals surface area contributed by atoms with E-state index in [1.165, 1.54) is 5.56 Å². The number of nitrogens with one attached hydrogen (secondary N) is 1. The zero-order chi connectivity index (χ0) is 21.3. The van der Waals surface area contributed by atoms with Crippen molar-refractivity contribution in [1.82, 2.24) is 10.2 Å². The molecule has 6 heteroatoms. The number of benzene rings is 2. The highest BCUT2D eigenvalue weighted by Gasteiger charge is 2.29. The minimum atomic E-state index is -0.0835. The molecule has 158 valence electrons. The zero-order valence-corrected chi connectivity index (χ0v) is 18.5. The zero-order valence-electron chi connectivity index (χ0n) is 17.6. The molecule has 0 radical (unpaired) electrons. The van der Waals surface area contributed by atoms with E-state index in [9.17, 15) is 4.79 Å². The van der Waals surface area contributed by atoms with Gasteiger partial charge in [0.05, 0.1) is 0 Å². The van der Waals surface area contributed by atoms with E-state index in [0.717, 1.165) is 30.8 Å². The lowest BCUT2D eigenvalue weighted by Gasteiger charge is -2.23. The van der Waals surface area contributed by atoms with E-state index in [0.29, 0.717) is 30.6 Å². The predicted octanol–water partition coefficient (Wildman–Crippen LogP) is 4.20. The quantitative estimate of drug-likeness (QED) is 0.353. The van der Waals surface area contributed by atoms with Crippen molar-refractivity contribution >= 4 is 35.0 Å². The summed E-state index contributed by atoms with van der Waals surface area (Å²) in [6.45, 7) is 7.76. The van der Waals surface area contributed by atoms with E-state index >= 15 is 0 Å². The van der Waals surface area contributed by atoms with E-state index < -0.39 is 0 Å². The van der Waals surface area contributed by atoms with Crippen LogP contribution in [0.4, 0.5) is 5.69 Å². The van der Waals surface area contributed by atoms with Crippen molar-refractivity contribution in [1.29, 1.82) is 0 Å². The van der Waals surface area contributed by atoms with Gasteiger partial charge < -0.3 is 15.0 Å². The number of hydrogen-bond acceptors (Lipinski definition) is 4. The molecule has 5 nitrogen and oxygen atoms in total. The van der Waals surface area contributed by atoms with E-state index in [2.05, 4.69) is 53.5 Å². The van der Waals surface area contributed by atoms with Gasteiger partial charge in [0.2, 0.25) is 0 Å². The highest BCUT2D eigenvalue weighted by atomic mass is 32.1. The Balaban J connectivity index is 1.65. The van der Waals surface area contributed by atoms with Gasteiger partial charge in [0.15, 0.2) is 5.11 Å². The summed E-state index contributed by atoms with van der Waals surface area (Å²) >= 11 is 5.33. The summed E-state index contributed by atoms with van der Waals surface area (Å²) in [4.78, 5) is 16.6. The summed E-state index contributed by atoms with van der Waals surface area (Å²) in [5.41, 5.74) is 3.91. The van der Waals surface area contributed by atoms with Gasteiger partial charge in [-0.05, 0) is 61.8 Å². The maximum Gasteiger partial charge on any atom is 0.276 e. The Morgan fingerprint density at radius 1 is 1.10 bits per heavy atom. The van der Waals surface area contributed by atoms with Crippen molar-refractivity contribution < 1.29 is 9.53 Å². The van der Waals surface area contributed by atoms with Crippen molar-refractivity contribution in [3.05, 3.63) is 71.4 Å². The van der Waals surface area contributed by atoms with Gasteiger partial charge in [-0.3, -0.25) is 9.69 Å². The Bertz CT molecular complexity index is 881. The average Bonchev–Trinajstić information content (AvgIpc) is 3.03. The minimum absolute atomic E-state index is 0.0835. The van der Waals surface area contributed by atoms with Crippen LogP contribution >= 0.6 is 12.2 Å². The fourth-order valence-electron chi connectivity index (χ4n) is 3.38. The topological polar surface area (TPSA) is 44.8 Å². The third kappa shape index (κ3) is 5.68. The van der Waals surface area contributed by atoms with Gasteiger partial charge >= 0.3 is 0 Å². The molecule has 3 rings (SSSR count). The number of rotatable bonds is 10. The van der Waals surface area contributed by atoms with Crippen LogP contribution in [0, 0.1) is 0 Å². The van der Waals surface area contributed by atoms with Crippen molar-refractivity contribution in [2.24, 2.45) is 0 Å². The average molecular weight is 424 g/mol. The van der Waals surface area contributed by atoms with Crippen LogP contribution in [0.2, 0.25) is 0 Å². The molecule has 1 aliphatic rings. The largest absolute Gasteiger partial charge is 0.382 e. The molecule has 30 heavy (non-hydrogen) atoms.